The fraction of sp³-hybridized carbons (Fsp3) is 0.308. The van der Waals surface area contributed by atoms with Gasteiger partial charge in [-0.25, -0.2) is 4.79 Å². The molecule has 4 nitrogen and oxygen atoms in total. The molecule has 1 unspecified atom stereocenters. The third kappa shape index (κ3) is 5.85. The highest BCUT2D eigenvalue weighted by molar-refractivity contribution is 5.81. The van der Waals surface area contributed by atoms with Crippen molar-refractivity contribution in [3.63, 3.8) is 0 Å². The van der Waals surface area contributed by atoms with Gasteiger partial charge in [0.1, 0.15) is 0 Å². The first-order valence-corrected chi connectivity index (χ1v) is 5.35. The number of benzene rings is 1. The van der Waals surface area contributed by atoms with E-state index in [9.17, 15) is 9.90 Å². The highest BCUT2D eigenvalue weighted by Gasteiger charge is 2.05. The number of aliphatic hydroxyl groups excluding tert-OH is 1. The predicted molar refractivity (Wildman–Crippen MR) is 63.0 cm³/mol. The Labute approximate surface area is 100 Å². The van der Waals surface area contributed by atoms with Gasteiger partial charge in [0.15, 0.2) is 6.29 Å². The Morgan fingerprint density at radius 1 is 1.41 bits per heavy atom. The monoisotopic (exact) mass is 236 g/mol. The molecule has 0 spiro atoms. The lowest BCUT2D eigenvalue weighted by Crippen LogP contribution is -2.15. The Morgan fingerprint density at radius 2 is 2.12 bits per heavy atom. The molecular formula is C13H16O4. The number of esters is 1. The van der Waals surface area contributed by atoms with Crippen LogP contribution in [0.25, 0.3) is 0 Å². The van der Waals surface area contributed by atoms with Gasteiger partial charge in [-0.1, -0.05) is 36.9 Å². The van der Waals surface area contributed by atoms with Gasteiger partial charge < -0.3 is 14.6 Å². The van der Waals surface area contributed by atoms with Gasteiger partial charge in [-0.2, -0.15) is 0 Å². The van der Waals surface area contributed by atoms with Crippen molar-refractivity contribution in [3.05, 3.63) is 48.6 Å². The van der Waals surface area contributed by atoms with Crippen molar-refractivity contribution in [2.24, 2.45) is 0 Å². The molecule has 1 aromatic rings. The molecule has 0 saturated carbocycles. The Morgan fingerprint density at radius 3 is 2.76 bits per heavy atom. The molecule has 0 saturated heterocycles. The number of hydrogen-bond acceptors (Lipinski definition) is 4. The second-order valence-corrected chi connectivity index (χ2v) is 3.41. The van der Waals surface area contributed by atoms with Crippen LogP contribution in [0.2, 0.25) is 0 Å². The van der Waals surface area contributed by atoms with Crippen LogP contribution >= 0.6 is 0 Å². The summed E-state index contributed by atoms with van der Waals surface area (Å²) in [6.45, 7) is 3.71. The van der Waals surface area contributed by atoms with E-state index in [0.717, 1.165) is 11.6 Å². The largest absolute Gasteiger partial charge is 0.462 e. The van der Waals surface area contributed by atoms with Crippen LogP contribution in [0, 0.1) is 0 Å². The van der Waals surface area contributed by atoms with E-state index in [-0.39, 0.29) is 13.0 Å². The van der Waals surface area contributed by atoms with Gasteiger partial charge in [0, 0.05) is 12.5 Å². The van der Waals surface area contributed by atoms with Gasteiger partial charge >= 0.3 is 5.97 Å². The van der Waals surface area contributed by atoms with Gasteiger partial charge in [-0.15, -0.1) is 0 Å². The summed E-state index contributed by atoms with van der Waals surface area (Å²) in [5.74, 6) is -0.500. The number of aliphatic hydroxyl groups is 1. The summed E-state index contributed by atoms with van der Waals surface area (Å²) in [5.41, 5.74) is 0.981. The van der Waals surface area contributed by atoms with Crippen LogP contribution in [0.1, 0.15) is 12.0 Å². The van der Waals surface area contributed by atoms with E-state index in [1.54, 1.807) is 0 Å². The second kappa shape index (κ2) is 7.60. The van der Waals surface area contributed by atoms with Crippen molar-refractivity contribution in [2.75, 3.05) is 6.61 Å². The lowest BCUT2D eigenvalue weighted by atomic mass is 10.2. The van der Waals surface area contributed by atoms with Crippen LogP contribution in [0.5, 0.6) is 0 Å². The molecule has 17 heavy (non-hydrogen) atoms. The van der Waals surface area contributed by atoms with Crippen LogP contribution in [-0.2, 0) is 20.9 Å². The molecular weight excluding hydrogens is 220 g/mol. The molecule has 4 heteroatoms. The van der Waals surface area contributed by atoms with Crippen LogP contribution in [0.3, 0.4) is 0 Å². The highest BCUT2D eigenvalue weighted by atomic mass is 16.6. The van der Waals surface area contributed by atoms with E-state index in [0.29, 0.717) is 6.61 Å². The maximum absolute atomic E-state index is 10.7. The summed E-state index contributed by atoms with van der Waals surface area (Å²) in [7, 11) is 0. The molecule has 0 aliphatic rings. The van der Waals surface area contributed by atoms with Gasteiger partial charge in [0.25, 0.3) is 0 Å². The van der Waals surface area contributed by atoms with Crippen LogP contribution in [-0.4, -0.2) is 24.0 Å². The van der Waals surface area contributed by atoms with Crippen molar-refractivity contribution in [2.45, 2.75) is 19.3 Å². The molecule has 92 valence electrons. The SMILES string of the molecule is C=CC(=O)OCCC(O)OCc1ccccc1. The van der Waals surface area contributed by atoms with Crippen molar-refractivity contribution in [1.82, 2.24) is 0 Å². The Kier molecular flexibility index (Phi) is 5.99. The summed E-state index contributed by atoms with van der Waals surface area (Å²) in [5, 5.41) is 9.46. The van der Waals surface area contributed by atoms with E-state index in [4.69, 9.17) is 9.47 Å². The van der Waals surface area contributed by atoms with Crippen molar-refractivity contribution < 1.29 is 19.4 Å². The first-order chi connectivity index (χ1) is 8.22. The molecule has 0 fully saturated rings. The minimum absolute atomic E-state index is 0.112. The van der Waals surface area contributed by atoms with E-state index in [1.807, 2.05) is 30.3 Å². The third-order valence-corrected chi connectivity index (χ3v) is 2.06. The topological polar surface area (TPSA) is 55.8 Å². The molecule has 0 amide bonds. The molecule has 0 heterocycles. The summed E-state index contributed by atoms with van der Waals surface area (Å²) in [6, 6.07) is 9.53. The van der Waals surface area contributed by atoms with Crippen molar-refractivity contribution in [1.29, 1.82) is 0 Å². The number of carbonyl (C=O) groups excluding carboxylic acids is 1. The average Bonchev–Trinajstić information content (AvgIpc) is 2.37. The smallest absolute Gasteiger partial charge is 0.330 e. The standard InChI is InChI=1S/C13H16O4/c1-2-12(14)16-9-8-13(15)17-10-11-6-4-3-5-7-11/h2-7,13,15H,1,8-10H2. The normalized spacial score (nSPS) is 11.8. The zero-order valence-corrected chi connectivity index (χ0v) is 9.54. The van der Waals surface area contributed by atoms with Gasteiger partial charge in [0.05, 0.1) is 13.2 Å². The third-order valence-electron chi connectivity index (χ3n) is 2.06. The van der Waals surface area contributed by atoms with E-state index >= 15 is 0 Å². The maximum atomic E-state index is 10.7. The van der Waals surface area contributed by atoms with Crippen LogP contribution in [0.4, 0.5) is 0 Å². The van der Waals surface area contributed by atoms with Gasteiger partial charge in [-0.3, -0.25) is 0 Å². The Hall–Kier alpha value is -1.65. The van der Waals surface area contributed by atoms with Crippen molar-refractivity contribution in [3.8, 4) is 0 Å². The van der Waals surface area contributed by atoms with E-state index in [2.05, 4.69) is 6.58 Å². The molecule has 0 aromatic heterocycles. The molecule has 0 bridgehead atoms. The summed E-state index contributed by atoms with van der Waals surface area (Å²) >= 11 is 0. The Bertz CT molecular complexity index is 348. The minimum atomic E-state index is -0.937. The molecule has 0 aliphatic heterocycles. The predicted octanol–water partition coefficient (Wildman–Crippen LogP) is 1.64. The second-order valence-electron chi connectivity index (χ2n) is 3.41. The number of rotatable bonds is 7. The zero-order valence-electron chi connectivity index (χ0n) is 9.54. The molecule has 1 atom stereocenters. The maximum Gasteiger partial charge on any atom is 0.330 e. The highest BCUT2D eigenvalue weighted by Crippen LogP contribution is 2.04. The van der Waals surface area contributed by atoms with Gasteiger partial charge in [-0.05, 0) is 5.56 Å². The average molecular weight is 236 g/mol. The minimum Gasteiger partial charge on any atom is -0.462 e. The summed E-state index contributed by atoms with van der Waals surface area (Å²) in [4.78, 5) is 10.7. The number of carbonyl (C=O) groups is 1. The molecule has 0 radical (unpaired) electrons. The molecule has 1 N–H and O–H groups in total. The fourth-order valence-corrected chi connectivity index (χ4v) is 1.17. The first-order valence-electron chi connectivity index (χ1n) is 5.35. The van der Waals surface area contributed by atoms with Crippen LogP contribution < -0.4 is 0 Å². The fourth-order valence-electron chi connectivity index (χ4n) is 1.17. The van der Waals surface area contributed by atoms with Crippen molar-refractivity contribution >= 4 is 5.97 Å². The Balaban J connectivity index is 2.15. The lowest BCUT2D eigenvalue weighted by Gasteiger charge is -2.11. The van der Waals surface area contributed by atoms with E-state index in [1.165, 1.54) is 0 Å². The first kappa shape index (κ1) is 13.4. The summed E-state index contributed by atoms with van der Waals surface area (Å²) in [6.07, 6.45) is 0.386. The quantitative estimate of drug-likeness (QED) is 0.444. The van der Waals surface area contributed by atoms with Gasteiger partial charge in [0.2, 0.25) is 0 Å². The summed E-state index contributed by atoms with van der Waals surface area (Å²) < 4.78 is 9.90. The number of ether oxygens (including phenoxy) is 2. The number of hydrogen-bond donors (Lipinski definition) is 1. The van der Waals surface area contributed by atoms with Crippen LogP contribution in [0.15, 0.2) is 43.0 Å². The zero-order chi connectivity index (χ0) is 12.5. The lowest BCUT2D eigenvalue weighted by molar-refractivity contribution is -0.145. The van der Waals surface area contributed by atoms with E-state index < -0.39 is 12.3 Å². The molecule has 1 aromatic carbocycles. The molecule has 1 rings (SSSR count). The molecule has 0 aliphatic carbocycles.